The molecular formula is C15H22O2. The van der Waals surface area contributed by atoms with Gasteiger partial charge in [0, 0.05) is 6.42 Å². The highest BCUT2D eigenvalue weighted by Gasteiger charge is 2.06. The number of ether oxygens (including phenoxy) is 1. The summed E-state index contributed by atoms with van der Waals surface area (Å²) in [6.07, 6.45) is 0.490. The number of carbonyl (C=O) groups excluding carboxylic acids is 1. The SMILES string of the molecule is CC(C)CC(=O)OCc1ccc(C(C)C)cc1. The van der Waals surface area contributed by atoms with Crippen LogP contribution in [-0.2, 0) is 16.1 Å². The second kappa shape index (κ2) is 6.43. The predicted octanol–water partition coefficient (Wildman–Crippen LogP) is 3.90. The average molecular weight is 234 g/mol. The van der Waals surface area contributed by atoms with Crippen molar-refractivity contribution >= 4 is 5.97 Å². The fourth-order valence-electron chi connectivity index (χ4n) is 1.55. The lowest BCUT2D eigenvalue weighted by Crippen LogP contribution is -2.07. The van der Waals surface area contributed by atoms with Gasteiger partial charge in [-0.15, -0.1) is 0 Å². The van der Waals surface area contributed by atoms with Gasteiger partial charge >= 0.3 is 5.97 Å². The van der Waals surface area contributed by atoms with Crippen molar-refractivity contribution in [3.8, 4) is 0 Å². The van der Waals surface area contributed by atoms with Crippen molar-refractivity contribution in [1.82, 2.24) is 0 Å². The summed E-state index contributed by atoms with van der Waals surface area (Å²) in [5, 5.41) is 0. The second-order valence-electron chi connectivity index (χ2n) is 5.15. The Labute approximate surface area is 104 Å². The lowest BCUT2D eigenvalue weighted by atomic mass is 10.0. The first-order chi connectivity index (χ1) is 7.99. The van der Waals surface area contributed by atoms with Crippen LogP contribution in [0.1, 0.15) is 51.2 Å². The number of hydrogen-bond donors (Lipinski definition) is 0. The van der Waals surface area contributed by atoms with E-state index in [-0.39, 0.29) is 5.97 Å². The van der Waals surface area contributed by atoms with E-state index in [9.17, 15) is 4.79 Å². The molecule has 1 aromatic rings. The average Bonchev–Trinajstić information content (AvgIpc) is 2.26. The van der Waals surface area contributed by atoms with E-state index in [2.05, 4.69) is 26.0 Å². The fourth-order valence-corrected chi connectivity index (χ4v) is 1.55. The van der Waals surface area contributed by atoms with Gasteiger partial charge in [0.1, 0.15) is 6.61 Å². The molecule has 17 heavy (non-hydrogen) atoms. The predicted molar refractivity (Wildman–Crippen MR) is 69.8 cm³/mol. The van der Waals surface area contributed by atoms with Crippen LogP contribution < -0.4 is 0 Å². The molecule has 0 aliphatic rings. The summed E-state index contributed by atoms with van der Waals surface area (Å²) in [6, 6.07) is 8.24. The molecule has 2 nitrogen and oxygen atoms in total. The molecule has 0 fully saturated rings. The van der Waals surface area contributed by atoms with Gasteiger partial charge in [0.15, 0.2) is 0 Å². The molecule has 94 valence electrons. The van der Waals surface area contributed by atoms with Crippen molar-refractivity contribution in [3.05, 3.63) is 35.4 Å². The number of carbonyl (C=O) groups is 1. The molecule has 0 radical (unpaired) electrons. The van der Waals surface area contributed by atoms with Gasteiger partial charge < -0.3 is 4.74 Å². The van der Waals surface area contributed by atoms with E-state index < -0.39 is 0 Å². The van der Waals surface area contributed by atoms with Crippen LogP contribution in [-0.4, -0.2) is 5.97 Å². The maximum Gasteiger partial charge on any atom is 0.306 e. The number of hydrogen-bond acceptors (Lipinski definition) is 2. The normalized spacial score (nSPS) is 10.9. The molecule has 0 atom stereocenters. The van der Waals surface area contributed by atoms with E-state index in [0.717, 1.165) is 5.56 Å². The number of esters is 1. The maximum absolute atomic E-state index is 11.4. The van der Waals surface area contributed by atoms with E-state index in [1.807, 2.05) is 26.0 Å². The maximum atomic E-state index is 11.4. The van der Waals surface area contributed by atoms with Gasteiger partial charge in [-0.3, -0.25) is 4.79 Å². The zero-order valence-electron chi connectivity index (χ0n) is 11.2. The molecule has 0 spiro atoms. The number of rotatable bonds is 5. The van der Waals surface area contributed by atoms with Crippen molar-refractivity contribution in [2.45, 2.75) is 46.6 Å². The zero-order chi connectivity index (χ0) is 12.8. The minimum absolute atomic E-state index is 0.118. The first kappa shape index (κ1) is 13.8. The molecule has 0 aromatic heterocycles. The molecule has 2 heteroatoms. The van der Waals surface area contributed by atoms with Crippen LogP contribution in [0.15, 0.2) is 24.3 Å². The van der Waals surface area contributed by atoms with E-state index in [0.29, 0.717) is 24.9 Å². The van der Waals surface area contributed by atoms with Gasteiger partial charge in [0.2, 0.25) is 0 Å². The van der Waals surface area contributed by atoms with Crippen LogP contribution in [0.3, 0.4) is 0 Å². The summed E-state index contributed by atoms with van der Waals surface area (Å²) < 4.78 is 5.20. The highest BCUT2D eigenvalue weighted by atomic mass is 16.5. The summed E-state index contributed by atoms with van der Waals surface area (Å²) in [6.45, 7) is 8.73. The van der Waals surface area contributed by atoms with Crippen molar-refractivity contribution < 1.29 is 9.53 Å². The van der Waals surface area contributed by atoms with Crippen LogP contribution in [0.4, 0.5) is 0 Å². The summed E-state index contributed by atoms with van der Waals surface area (Å²) in [5.41, 5.74) is 2.36. The highest BCUT2D eigenvalue weighted by molar-refractivity contribution is 5.69. The standard InChI is InChI=1S/C15H22O2/c1-11(2)9-15(16)17-10-13-5-7-14(8-6-13)12(3)4/h5-8,11-12H,9-10H2,1-4H3. The van der Waals surface area contributed by atoms with Crippen LogP contribution >= 0.6 is 0 Å². The second-order valence-corrected chi connectivity index (χ2v) is 5.15. The van der Waals surface area contributed by atoms with Crippen LogP contribution in [0, 0.1) is 5.92 Å². The summed E-state index contributed by atoms with van der Waals surface area (Å²) in [7, 11) is 0. The van der Waals surface area contributed by atoms with Gasteiger partial charge in [-0.25, -0.2) is 0 Å². The summed E-state index contributed by atoms with van der Waals surface area (Å²) >= 11 is 0. The minimum atomic E-state index is -0.118. The molecule has 0 saturated carbocycles. The first-order valence-corrected chi connectivity index (χ1v) is 6.23. The van der Waals surface area contributed by atoms with Gasteiger partial charge in [-0.05, 0) is 23.0 Å². The molecule has 0 bridgehead atoms. The Balaban J connectivity index is 2.44. The lowest BCUT2D eigenvalue weighted by molar-refractivity contribution is -0.145. The van der Waals surface area contributed by atoms with Gasteiger partial charge in [0.05, 0.1) is 0 Å². The molecule has 0 amide bonds. The zero-order valence-corrected chi connectivity index (χ0v) is 11.2. The third-order valence-electron chi connectivity index (χ3n) is 2.62. The quantitative estimate of drug-likeness (QED) is 0.722. The molecule has 0 aliphatic carbocycles. The van der Waals surface area contributed by atoms with Crippen molar-refractivity contribution in [2.75, 3.05) is 0 Å². The Morgan fingerprint density at radius 1 is 1.12 bits per heavy atom. The smallest absolute Gasteiger partial charge is 0.306 e. The van der Waals surface area contributed by atoms with Crippen molar-refractivity contribution in [1.29, 1.82) is 0 Å². The lowest BCUT2D eigenvalue weighted by Gasteiger charge is -2.08. The van der Waals surface area contributed by atoms with Crippen molar-refractivity contribution in [2.24, 2.45) is 5.92 Å². The molecule has 1 rings (SSSR count). The topological polar surface area (TPSA) is 26.3 Å². The monoisotopic (exact) mass is 234 g/mol. The number of benzene rings is 1. The largest absolute Gasteiger partial charge is 0.461 e. The van der Waals surface area contributed by atoms with Crippen LogP contribution in [0.2, 0.25) is 0 Å². The van der Waals surface area contributed by atoms with Crippen LogP contribution in [0.5, 0.6) is 0 Å². The Morgan fingerprint density at radius 3 is 2.18 bits per heavy atom. The Bertz CT molecular complexity index is 350. The highest BCUT2D eigenvalue weighted by Crippen LogP contribution is 2.15. The Morgan fingerprint density at radius 2 is 1.71 bits per heavy atom. The van der Waals surface area contributed by atoms with Gasteiger partial charge in [-0.2, -0.15) is 0 Å². The van der Waals surface area contributed by atoms with Gasteiger partial charge in [0.25, 0.3) is 0 Å². The van der Waals surface area contributed by atoms with E-state index >= 15 is 0 Å². The molecule has 0 heterocycles. The summed E-state index contributed by atoms with van der Waals surface area (Å²) in [5.74, 6) is 0.770. The molecule has 0 N–H and O–H groups in total. The summed E-state index contributed by atoms with van der Waals surface area (Å²) in [4.78, 5) is 11.4. The first-order valence-electron chi connectivity index (χ1n) is 6.23. The van der Waals surface area contributed by atoms with Crippen molar-refractivity contribution in [3.63, 3.8) is 0 Å². The van der Waals surface area contributed by atoms with E-state index in [4.69, 9.17) is 4.74 Å². The molecule has 0 saturated heterocycles. The molecular weight excluding hydrogens is 212 g/mol. The van der Waals surface area contributed by atoms with Gasteiger partial charge in [-0.1, -0.05) is 52.0 Å². The minimum Gasteiger partial charge on any atom is -0.461 e. The Kier molecular flexibility index (Phi) is 5.20. The molecule has 1 aromatic carbocycles. The fraction of sp³-hybridized carbons (Fsp3) is 0.533. The molecule has 0 aliphatic heterocycles. The van der Waals surface area contributed by atoms with E-state index in [1.54, 1.807) is 0 Å². The molecule has 0 unspecified atom stereocenters. The van der Waals surface area contributed by atoms with E-state index in [1.165, 1.54) is 5.56 Å². The Hall–Kier alpha value is -1.31. The third kappa shape index (κ3) is 5.03. The third-order valence-corrected chi connectivity index (χ3v) is 2.62. The van der Waals surface area contributed by atoms with Crippen LogP contribution in [0.25, 0.3) is 0 Å².